The van der Waals surface area contributed by atoms with Gasteiger partial charge in [0.05, 0.1) is 11.5 Å². The Kier molecular flexibility index (Phi) is 6.04. The van der Waals surface area contributed by atoms with Gasteiger partial charge in [0, 0.05) is 17.5 Å². The molecule has 0 bridgehead atoms. The van der Waals surface area contributed by atoms with Crippen LogP contribution in [0.15, 0.2) is 53.4 Å². The summed E-state index contributed by atoms with van der Waals surface area (Å²) < 4.78 is 63.7. The molecule has 140 valence electrons. The minimum absolute atomic E-state index is 0.0764. The number of sulfone groups is 1. The van der Waals surface area contributed by atoms with Crippen LogP contribution in [0, 0.1) is 0 Å². The number of rotatable bonds is 6. The predicted octanol–water partition coefficient (Wildman–Crippen LogP) is 3.42. The van der Waals surface area contributed by atoms with Crippen molar-refractivity contribution in [1.29, 1.82) is 0 Å². The molecule has 5 nitrogen and oxygen atoms in total. The molecule has 0 atom stereocenters. The Balaban J connectivity index is 2.00. The molecule has 9 heteroatoms. The third-order valence-electron chi connectivity index (χ3n) is 3.27. The lowest BCUT2D eigenvalue weighted by atomic mass is 10.1. The first-order valence-electron chi connectivity index (χ1n) is 7.39. The molecular weight excluding hydrogens is 371 g/mol. The van der Waals surface area contributed by atoms with E-state index >= 15 is 0 Å². The van der Waals surface area contributed by atoms with E-state index in [2.05, 4.69) is 10.1 Å². The molecule has 2 aromatic rings. The van der Waals surface area contributed by atoms with Crippen molar-refractivity contribution in [3.63, 3.8) is 0 Å². The molecule has 1 amide bonds. The van der Waals surface area contributed by atoms with Gasteiger partial charge in [-0.05, 0) is 35.9 Å². The summed E-state index contributed by atoms with van der Waals surface area (Å²) in [6.45, 7) is -1.57. The van der Waals surface area contributed by atoms with Crippen LogP contribution in [0.4, 0.5) is 18.9 Å². The van der Waals surface area contributed by atoms with Gasteiger partial charge in [-0.15, -0.1) is 0 Å². The van der Waals surface area contributed by atoms with Crippen LogP contribution < -0.4 is 5.32 Å². The van der Waals surface area contributed by atoms with Crippen LogP contribution in [0.2, 0.25) is 0 Å². The third-order valence-corrected chi connectivity index (χ3v) is 4.38. The van der Waals surface area contributed by atoms with E-state index in [4.69, 9.17) is 0 Å². The van der Waals surface area contributed by atoms with E-state index in [0.717, 1.165) is 6.26 Å². The summed E-state index contributed by atoms with van der Waals surface area (Å²) in [5, 5.41) is 2.57. The second kappa shape index (κ2) is 7.88. The molecule has 0 heterocycles. The van der Waals surface area contributed by atoms with Gasteiger partial charge in [0.25, 0.3) is 5.91 Å². The van der Waals surface area contributed by atoms with E-state index in [-0.39, 0.29) is 17.1 Å². The fourth-order valence-corrected chi connectivity index (χ4v) is 2.71. The first-order valence-corrected chi connectivity index (χ1v) is 9.29. The van der Waals surface area contributed by atoms with Gasteiger partial charge in [-0.1, -0.05) is 18.2 Å². The number of carbonyl (C=O) groups is 1. The molecule has 0 radical (unpaired) electrons. The molecular formula is C17H16F3NO4S. The number of halogens is 3. The fourth-order valence-electron chi connectivity index (χ4n) is 2.04. The molecule has 0 unspecified atom stereocenters. The van der Waals surface area contributed by atoms with E-state index in [1.807, 2.05) is 0 Å². The number of alkyl halides is 3. The first-order chi connectivity index (χ1) is 12.0. The molecule has 0 aliphatic carbocycles. The van der Waals surface area contributed by atoms with Crippen LogP contribution in [-0.4, -0.2) is 33.4 Å². The molecule has 0 spiro atoms. The Hall–Kier alpha value is -2.39. The molecule has 0 aliphatic rings. The summed E-state index contributed by atoms with van der Waals surface area (Å²) in [4.78, 5) is 12.3. The summed E-state index contributed by atoms with van der Waals surface area (Å²) >= 11 is 0. The molecule has 0 saturated heterocycles. The van der Waals surface area contributed by atoms with Crippen LogP contribution in [0.3, 0.4) is 0 Å². The molecule has 0 saturated carbocycles. The van der Waals surface area contributed by atoms with E-state index in [1.54, 1.807) is 6.07 Å². The van der Waals surface area contributed by atoms with Gasteiger partial charge >= 0.3 is 6.18 Å². The van der Waals surface area contributed by atoms with Crippen molar-refractivity contribution in [2.24, 2.45) is 0 Å². The average Bonchev–Trinajstić information content (AvgIpc) is 2.54. The lowest BCUT2D eigenvalue weighted by Gasteiger charge is -2.09. The Morgan fingerprint density at radius 1 is 1.12 bits per heavy atom. The summed E-state index contributed by atoms with van der Waals surface area (Å²) in [6, 6.07) is 11.7. The molecule has 0 aliphatic heterocycles. The van der Waals surface area contributed by atoms with Crippen LogP contribution in [0.5, 0.6) is 0 Å². The summed E-state index contributed by atoms with van der Waals surface area (Å²) in [5.41, 5.74) is 1.08. The van der Waals surface area contributed by atoms with Crippen molar-refractivity contribution in [3.8, 4) is 0 Å². The number of amides is 1. The predicted molar refractivity (Wildman–Crippen MR) is 89.7 cm³/mol. The van der Waals surface area contributed by atoms with Crippen molar-refractivity contribution in [2.45, 2.75) is 17.7 Å². The Bertz CT molecular complexity index is 878. The quantitative estimate of drug-likeness (QED) is 0.824. The number of nitrogens with one attached hydrogen (secondary N) is 1. The van der Waals surface area contributed by atoms with E-state index in [9.17, 15) is 26.4 Å². The Morgan fingerprint density at radius 2 is 1.77 bits per heavy atom. The van der Waals surface area contributed by atoms with E-state index in [1.165, 1.54) is 42.5 Å². The second-order valence-electron chi connectivity index (χ2n) is 5.56. The van der Waals surface area contributed by atoms with Crippen LogP contribution in [0.25, 0.3) is 0 Å². The minimum Gasteiger partial charge on any atom is -0.367 e. The van der Waals surface area contributed by atoms with Gasteiger partial charge in [-0.25, -0.2) is 8.42 Å². The first kappa shape index (κ1) is 19.9. The average molecular weight is 387 g/mol. The maximum atomic E-state index is 12.2. The number of anilines is 1. The van der Waals surface area contributed by atoms with Gasteiger partial charge < -0.3 is 10.1 Å². The second-order valence-corrected chi connectivity index (χ2v) is 7.57. The minimum atomic E-state index is -4.39. The van der Waals surface area contributed by atoms with Crippen LogP contribution >= 0.6 is 0 Å². The molecule has 0 fully saturated rings. The summed E-state index contributed by atoms with van der Waals surface area (Å²) in [5.74, 6) is -0.474. The zero-order valence-electron chi connectivity index (χ0n) is 13.7. The molecule has 0 aromatic heterocycles. The van der Waals surface area contributed by atoms with Crippen molar-refractivity contribution < 1.29 is 31.1 Å². The highest BCUT2D eigenvalue weighted by molar-refractivity contribution is 7.90. The Labute approximate surface area is 148 Å². The van der Waals surface area contributed by atoms with Gasteiger partial charge in [0.2, 0.25) is 0 Å². The standard InChI is InChI=1S/C17H16F3NO4S/c1-26(23,24)15-4-2-3-14(9-15)21-16(22)13-7-5-12(6-8-13)10-25-11-17(18,19)20/h2-9H,10-11H2,1H3,(H,21,22). The highest BCUT2D eigenvalue weighted by atomic mass is 32.2. The molecule has 2 rings (SSSR count). The van der Waals surface area contributed by atoms with Crippen molar-refractivity contribution in [2.75, 3.05) is 18.2 Å². The highest BCUT2D eigenvalue weighted by Gasteiger charge is 2.27. The smallest absolute Gasteiger partial charge is 0.367 e. The lowest BCUT2D eigenvalue weighted by molar-refractivity contribution is -0.176. The van der Waals surface area contributed by atoms with Crippen LogP contribution in [-0.2, 0) is 21.2 Å². The third kappa shape index (κ3) is 6.16. The largest absolute Gasteiger partial charge is 0.411 e. The SMILES string of the molecule is CS(=O)(=O)c1cccc(NC(=O)c2ccc(COCC(F)(F)F)cc2)c1. The van der Waals surface area contributed by atoms with Crippen molar-refractivity contribution >= 4 is 21.4 Å². The maximum absolute atomic E-state index is 12.2. The van der Waals surface area contributed by atoms with Gasteiger partial charge in [0.1, 0.15) is 6.61 Å². The number of hydrogen-bond donors (Lipinski definition) is 1. The van der Waals surface area contributed by atoms with Crippen LogP contribution in [0.1, 0.15) is 15.9 Å². The zero-order valence-corrected chi connectivity index (χ0v) is 14.5. The monoisotopic (exact) mass is 387 g/mol. The topological polar surface area (TPSA) is 72.5 Å². The number of carbonyl (C=O) groups excluding carboxylic acids is 1. The van der Waals surface area contributed by atoms with Gasteiger partial charge in [-0.2, -0.15) is 13.2 Å². The number of hydrogen-bond acceptors (Lipinski definition) is 4. The highest BCUT2D eigenvalue weighted by Crippen LogP contribution is 2.18. The lowest BCUT2D eigenvalue weighted by Crippen LogP contribution is -2.16. The van der Waals surface area contributed by atoms with Gasteiger partial charge in [-0.3, -0.25) is 4.79 Å². The molecule has 1 N–H and O–H groups in total. The van der Waals surface area contributed by atoms with E-state index < -0.39 is 28.5 Å². The number of benzene rings is 2. The summed E-state index contributed by atoms with van der Waals surface area (Å²) in [6.07, 6.45) is -3.33. The Morgan fingerprint density at radius 3 is 2.35 bits per heavy atom. The normalized spacial score (nSPS) is 12.0. The maximum Gasteiger partial charge on any atom is 0.411 e. The van der Waals surface area contributed by atoms with Gasteiger partial charge in [0.15, 0.2) is 9.84 Å². The molecule has 2 aromatic carbocycles. The fraction of sp³-hybridized carbons (Fsp3) is 0.235. The van der Waals surface area contributed by atoms with Crippen molar-refractivity contribution in [3.05, 3.63) is 59.7 Å². The summed E-state index contributed by atoms with van der Waals surface area (Å²) in [7, 11) is -3.40. The molecule has 26 heavy (non-hydrogen) atoms. The zero-order chi connectivity index (χ0) is 19.4. The number of ether oxygens (including phenoxy) is 1. The van der Waals surface area contributed by atoms with Crippen molar-refractivity contribution in [1.82, 2.24) is 0 Å². The van der Waals surface area contributed by atoms with E-state index in [0.29, 0.717) is 11.3 Å².